The molecule has 2 bridgehead atoms. The van der Waals surface area contributed by atoms with E-state index in [9.17, 15) is 5.11 Å². The molecular weight excluding hydrogens is 210 g/mol. The fraction of sp³-hybridized carbons (Fsp3) is 1.00. The predicted octanol–water partition coefficient (Wildman–Crippen LogP) is 2.56. The number of fused-ring (bicyclic) bond motifs is 2. The van der Waals surface area contributed by atoms with Crippen LogP contribution in [0.2, 0.25) is 0 Å². The topological polar surface area (TPSA) is 20.2 Å². The summed E-state index contributed by atoms with van der Waals surface area (Å²) in [6.07, 6.45) is 7.69. The smallest absolute Gasteiger partial charge is 0.0898 e. The fourth-order valence-corrected chi connectivity index (χ4v) is 4.90. The van der Waals surface area contributed by atoms with Crippen LogP contribution in [0.1, 0.15) is 52.4 Å². The normalized spacial score (nSPS) is 49.2. The molecule has 1 spiro atoms. The number of aliphatic hydroxyl groups is 1. The second-order valence-corrected chi connectivity index (χ2v) is 7.74. The minimum Gasteiger partial charge on any atom is -0.393 e. The predicted molar refractivity (Wildman–Crippen MR) is 69.6 cm³/mol. The van der Waals surface area contributed by atoms with E-state index in [1.54, 1.807) is 0 Å². The van der Waals surface area contributed by atoms with Crippen LogP contribution in [0.15, 0.2) is 0 Å². The highest BCUT2D eigenvalue weighted by Crippen LogP contribution is 2.45. The van der Waals surface area contributed by atoms with Crippen LogP contribution in [0.25, 0.3) is 0 Å². The molecule has 0 aromatic carbocycles. The SMILES string of the molecule is CC1(C)CC(O)CC[N+]23CCC(CC2)CC3C1. The molecule has 2 atom stereocenters. The summed E-state index contributed by atoms with van der Waals surface area (Å²) < 4.78 is 1.36. The molecule has 4 heterocycles. The van der Waals surface area contributed by atoms with E-state index in [4.69, 9.17) is 0 Å². The van der Waals surface area contributed by atoms with Gasteiger partial charge in [0.1, 0.15) is 0 Å². The first-order chi connectivity index (χ1) is 7.99. The Morgan fingerprint density at radius 3 is 2.35 bits per heavy atom. The number of quaternary nitrogens is 1. The summed E-state index contributed by atoms with van der Waals surface area (Å²) in [5.74, 6) is 1.03. The second-order valence-electron chi connectivity index (χ2n) is 7.74. The van der Waals surface area contributed by atoms with Crippen molar-refractivity contribution in [1.29, 1.82) is 0 Å². The Labute approximate surface area is 106 Å². The van der Waals surface area contributed by atoms with E-state index in [1.807, 2.05) is 0 Å². The van der Waals surface area contributed by atoms with E-state index >= 15 is 0 Å². The standard InChI is InChI=1S/C15H28NO/c1-15(2)10-13-9-12-3-6-16(13,7-4-12)8-5-14(17)11-15/h12-14,17H,3-11H2,1-2H3/q+1. The maximum Gasteiger partial charge on any atom is 0.0898 e. The molecule has 2 unspecified atom stereocenters. The van der Waals surface area contributed by atoms with Crippen molar-refractivity contribution in [3.8, 4) is 0 Å². The quantitative estimate of drug-likeness (QED) is 0.643. The van der Waals surface area contributed by atoms with Crippen molar-refractivity contribution in [3.05, 3.63) is 0 Å². The van der Waals surface area contributed by atoms with Gasteiger partial charge in [-0.1, -0.05) is 13.8 Å². The van der Waals surface area contributed by atoms with Crippen LogP contribution in [0.5, 0.6) is 0 Å². The summed E-state index contributed by atoms with van der Waals surface area (Å²) in [6, 6.07) is 0.907. The number of nitrogens with zero attached hydrogens (tertiary/aromatic N) is 1. The molecule has 0 amide bonds. The Bertz CT molecular complexity index is 291. The first-order valence-corrected chi connectivity index (χ1v) is 7.53. The van der Waals surface area contributed by atoms with Gasteiger partial charge in [-0.3, -0.25) is 0 Å². The van der Waals surface area contributed by atoms with Gasteiger partial charge in [0.2, 0.25) is 0 Å². The van der Waals surface area contributed by atoms with Crippen LogP contribution in [-0.4, -0.2) is 41.4 Å². The Morgan fingerprint density at radius 1 is 1.00 bits per heavy atom. The molecule has 4 rings (SSSR count). The van der Waals surface area contributed by atoms with Gasteiger partial charge in [0.25, 0.3) is 0 Å². The maximum atomic E-state index is 10.2. The van der Waals surface area contributed by atoms with Crippen LogP contribution in [-0.2, 0) is 0 Å². The average molecular weight is 238 g/mol. The Hall–Kier alpha value is -0.0800. The summed E-state index contributed by atoms with van der Waals surface area (Å²) in [7, 11) is 0. The van der Waals surface area contributed by atoms with Crippen LogP contribution in [0, 0.1) is 11.3 Å². The minimum atomic E-state index is -0.0573. The van der Waals surface area contributed by atoms with Crippen molar-refractivity contribution in [1.82, 2.24) is 0 Å². The summed E-state index contributed by atoms with van der Waals surface area (Å²) in [6.45, 7) is 8.77. The molecule has 0 aromatic rings. The van der Waals surface area contributed by atoms with Gasteiger partial charge in [-0.15, -0.1) is 0 Å². The van der Waals surface area contributed by atoms with Crippen molar-refractivity contribution in [2.45, 2.75) is 64.5 Å². The molecule has 2 heteroatoms. The molecule has 4 aliphatic heterocycles. The van der Waals surface area contributed by atoms with Crippen LogP contribution >= 0.6 is 0 Å². The molecular formula is C15H28NO+. The third-order valence-electron chi connectivity index (χ3n) is 5.83. The van der Waals surface area contributed by atoms with Crippen molar-refractivity contribution in [3.63, 3.8) is 0 Å². The molecule has 2 nitrogen and oxygen atoms in total. The van der Waals surface area contributed by atoms with Gasteiger partial charge in [-0.05, 0) is 30.6 Å². The number of rotatable bonds is 0. The average Bonchev–Trinajstić information content (AvgIpc) is 2.26. The summed E-state index contributed by atoms with van der Waals surface area (Å²) >= 11 is 0. The van der Waals surface area contributed by atoms with E-state index in [2.05, 4.69) is 13.8 Å². The molecule has 17 heavy (non-hydrogen) atoms. The van der Waals surface area contributed by atoms with Gasteiger partial charge in [-0.2, -0.15) is 0 Å². The Balaban J connectivity index is 1.85. The van der Waals surface area contributed by atoms with Gasteiger partial charge in [0.15, 0.2) is 0 Å². The highest BCUT2D eigenvalue weighted by Gasteiger charge is 2.49. The molecule has 0 radical (unpaired) electrons. The zero-order valence-electron chi connectivity index (χ0n) is 11.5. The largest absolute Gasteiger partial charge is 0.393 e. The summed E-state index contributed by atoms with van der Waals surface area (Å²) in [4.78, 5) is 0. The number of aliphatic hydroxyl groups excluding tert-OH is 1. The number of piperidine rings is 3. The molecule has 0 aliphatic carbocycles. The van der Waals surface area contributed by atoms with Gasteiger partial charge in [0.05, 0.1) is 31.8 Å². The first-order valence-electron chi connectivity index (χ1n) is 7.53. The van der Waals surface area contributed by atoms with E-state index in [0.717, 1.165) is 24.8 Å². The maximum absolute atomic E-state index is 10.2. The fourth-order valence-electron chi connectivity index (χ4n) is 4.90. The number of hydrogen-bond donors (Lipinski definition) is 1. The van der Waals surface area contributed by atoms with Gasteiger partial charge >= 0.3 is 0 Å². The third kappa shape index (κ3) is 2.15. The van der Waals surface area contributed by atoms with Crippen molar-refractivity contribution in [2.75, 3.05) is 19.6 Å². The lowest BCUT2D eigenvalue weighted by atomic mass is 9.71. The van der Waals surface area contributed by atoms with Crippen LogP contribution in [0.3, 0.4) is 0 Å². The summed E-state index contributed by atoms with van der Waals surface area (Å²) in [5.41, 5.74) is 0.341. The van der Waals surface area contributed by atoms with Gasteiger partial charge in [0, 0.05) is 19.3 Å². The Morgan fingerprint density at radius 2 is 1.65 bits per heavy atom. The molecule has 4 aliphatic rings. The lowest BCUT2D eigenvalue weighted by molar-refractivity contribution is -0.968. The zero-order valence-corrected chi connectivity index (χ0v) is 11.5. The lowest BCUT2D eigenvalue weighted by Gasteiger charge is -2.57. The third-order valence-corrected chi connectivity index (χ3v) is 5.83. The minimum absolute atomic E-state index is 0.0573. The monoisotopic (exact) mass is 238 g/mol. The van der Waals surface area contributed by atoms with Gasteiger partial charge in [-0.25, -0.2) is 0 Å². The summed E-state index contributed by atoms with van der Waals surface area (Å²) in [5, 5.41) is 10.2. The van der Waals surface area contributed by atoms with Crippen molar-refractivity contribution >= 4 is 0 Å². The van der Waals surface area contributed by atoms with E-state index < -0.39 is 0 Å². The van der Waals surface area contributed by atoms with E-state index in [0.29, 0.717) is 5.41 Å². The van der Waals surface area contributed by atoms with E-state index in [1.165, 1.54) is 49.8 Å². The zero-order chi connectivity index (χ0) is 12.1. The highest BCUT2D eigenvalue weighted by molar-refractivity contribution is 4.87. The van der Waals surface area contributed by atoms with Crippen LogP contribution in [0.4, 0.5) is 0 Å². The molecule has 4 saturated heterocycles. The van der Waals surface area contributed by atoms with Gasteiger partial charge < -0.3 is 9.59 Å². The molecule has 0 aromatic heterocycles. The second kappa shape index (κ2) is 3.96. The molecule has 4 fully saturated rings. The molecule has 0 saturated carbocycles. The lowest BCUT2D eigenvalue weighted by Crippen LogP contribution is -2.66. The van der Waals surface area contributed by atoms with Crippen molar-refractivity contribution in [2.24, 2.45) is 11.3 Å². The van der Waals surface area contributed by atoms with Crippen LogP contribution < -0.4 is 0 Å². The van der Waals surface area contributed by atoms with Crippen molar-refractivity contribution < 1.29 is 9.59 Å². The molecule has 1 N–H and O–H groups in total. The van der Waals surface area contributed by atoms with E-state index in [-0.39, 0.29) is 6.10 Å². The highest BCUT2D eigenvalue weighted by atomic mass is 16.3. The Kier molecular flexibility index (Phi) is 2.79. The molecule has 98 valence electrons. The number of hydrogen-bond acceptors (Lipinski definition) is 1. The first kappa shape index (κ1) is 12.0.